The molecule has 21 heavy (non-hydrogen) atoms. The first kappa shape index (κ1) is 16.3. The molecule has 1 aliphatic rings. The van der Waals surface area contributed by atoms with E-state index in [1.54, 1.807) is 14.2 Å². The molecule has 0 spiro atoms. The lowest BCUT2D eigenvalue weighted by Crippen LogP contribution is -2.29. The van der Waals surface area contributed by atoms with Gasteiger partial charge in [0, 0.05) is 25.3 Å². The lowest BCUT2D eigenvalue weighted by molar-refractivity contribution is 0.130. The van der Waals surface area contributed by atoms with Gasteiger partial charge in [-0.15, -0.1) is 0 Å². The van der Waals surface area contributed by atoms with Gasteiger partial charge in [-0.3, -0.25) is 0 Å². The van der Waals surface area contributed by atoms with Gasteiger partial charge in [0.05, 0.1) is 19.8 Å². The molecule has 0 aromatic heterocycles. The summed E-state index contributed by atoms with van der Waals surface area (Å²) in [4.78, 5) is 0. The zero-order chi connectivity index (χ0) is 15.2. The topological polar surface area (TPSA) is 50.7 Å². The Balaban J connectivity index is 1.97. The van der Waals surface area contributed by atoms with Gasteiger partial charge < -0.3 is 19.9 Å². The van der Waals surface area contributed by atoms with Gasteiger partial charge in [-0.05, 0) is 43.4 Å². The minimum atomic E-state index is -0.135. The van der Waals surface area contributed by atoms with E-state index < -0.39 is 0 Å². The molecule has 4 nitrogen and oxygen atoms in total. The summed E-state index contributed by atoms with van der Waals surface area (Å²) in [6, 6.07) is 6.46. The summed E-state index contributed by atoms with van der Waals surface area (Å²) >= 11 is 0. The van der Waals surface area contributed by atoms with E-state index in [0.717, 1.165) is 37.1 Å². The molecular weight excluding hydrogens is 266 g/mol. The van der Waals surface area contributed by atoms with Gasteiger partial charge in [0.25, 0.3) is 0 Å². The number of hydrogen-bond acceptors (Lipinski definition) is 4. The standard InChI is InChI=1S/C17H27NO3/c1-12(18-10-14-5-4-6-16(14)19)13-7-8-17(21-3)15(9-13)11-20-2/h7-9,12,14,16,18-19H,4-6,10-11H2,1-3H3. The van der Waals surface area contributed by atoms with Crippen molar-refractivity contribution in [3.05, 3.63) is 29.3 Å². The summed E-state index contributed by atoms with van der Waals surface area (Å²) in [6.07, 6.45) is 3.08. The van der Waals surface area contributed by atoms with E-state index in [1.807, 2.05) is 6.07 Å². The Bertz CT molecular complexity index is 450. The smallest absolute Gasteiger partial charge is 0.124 e. The second-order valence-corrected chi connectivity index (χ2v) is 5.89. The van der Waals surface area contributed by atoms with Crippen molar-refractivity contribution in [1.82, 2.24) is 5.32 Å². The van der Waals surface area contributed by atoms with Gasteiger partial charge in [-0.2, -0.15) is 0 Å². The average Bonchev–Trinajstić information content (AvgIpc) is 2.90. The van der Waals surface area contributed by atoms with Crippen molar-refractivity contribution >= 4 is 0 Å². The Morgan fingerprint density at radius 1 is 1.33 bits per heavy atom. The van der Waals surface area contributed by atoms with Crippen LogP contribution in [0.4, 0.5) is 0 Å². The SMILES string of the molecule is COCc1cc(C(C)NCC2CCCC2O)ccc1OC. The zero-order valence-corrected chi connectivity index (χ0v) is 13.3. The number of ether oxygens (including phenoxy) is 2. The van der Waals surface area contributed by atoms with Crippen LogP contribution in [0.25, 0.3) is 0 Å². The molecule has 0 bridgehead atoms. The molecule has 0 radical (unpaired) electrons. The number of methoxy groups -OCH3 is 2. The summed E-state index contributed by atoms with van der Waals surface area (Å²) in [5.41, 5.74) is 2.28. The number of hydrogen-bond donors (Lipinski definition) is 2. The van der Waals surface area contributed by atoms with Gasteiger partial charge in [-0.25, -0.2) is 0 Å². The molecular formula is C17H27NO3. The Labute approximate surface area is 127 Å². The fourth-order valence-corrected chi connectivity index (χ4v) is 3.04. The van der Waals surface area contributed by atoms with E-state index in [4.69, 9.17) is 9.47 Å². The highest BCUT2D eigenvalue weighted by Gasteiger charge is 2.25. The lowest BCUT2D eigenvalue weighted by Gasteiger charge is -2.21. The summed E-state index contributed by atoms with van der Waals surface area (Å²) in [5, 5.41) is 13.4. The van der Waals surface area contributed by atoms with Gasteiger partial charge >= 0.3 is 0 Å². The molecule has 0 heterocycles. The highest BCUT2D eigenvalue weighted by atomic mass is 16.5. The van der Waals surface area contributed by atoms with E-state index in [9.17, 15) is 5.11 Å². The van der Waals surface area contributed by atoms with Crippen LogP contribution in [0.3, 0.4) is 0 Å². The third kappa shape index (κ3) is 4.19. The molecule has 0 amide bonds. The van der Waals surface area contributed by atoms with Crippen LogP contribution in [0.15, 0.2) is 18.2 Å². The number of aliphatic hydroxyl groups excluding tert-OH is 1. The predicted molar refractivity (Wildman–Crippen MR) is 83.5 cm³/mol. The maximum absolute atomic E-state index is 9.88. The van der Waals surface area contributed by atoms with Gasteiger partial charge in [0.15, 0.2) is 0 Å². The minimum Gasteiger partial charge on any atom is -0.496 e. The van der Waals surface area contributed by atoms with Gasteiger partial charge in [0.2, 0.25) is 0 Å². The van der Waals surface area contributed by atoms with Gasteiger partial charge in [0.1, 0.15) is 5.75 Å². The van der Waals surface area contributed by atoms with Crippen LogP contribution in [-0.2, 0) is 11.3 Å². The van der Waals surface area contributed by atoms with Gasteiger partial charge in [-0.1, -0.05) is 12.5 Å². The monoisotopic (exact) mass is 293 g/mol. The van der Waals surface area contributed by atoms with E-state index in [2.05, 4.69) is 24.4 Å². The summed E-state index contributed by atoms with van der Waals surface area (Å²) < 4.78 is 10.6. The summed E-state index contributed by atoms with van der Waals surface area (Å²) in [6.45, 7) is 3.57. The maximum Gasteiger partial charge on any atom is 0.124 e. The highest BCUT2D eigenvalue weighted by molar-refractivity contribution is 5.38. The Kier molecular flexibility index (Phi) is 6.03. The molecule has 0 saturated heterocycles. The van der Waals surface area contributed by atoms with E-state index in [-0.39, 0.29) is 12.1 Å². The molecule has 1 aromatic rings. The first-order valence-corrected chi connectivity index (χ1v) is 7.73. The van der Waals surface area contributed by atoms with Crippen LogP contribution >= 0.6 is 0 Å². The van der Waals surface area contributed by atoms with Crippen molar-refractivity contribution in [2.24, 2.45) is 5.92 Å². The highest BCUT2D eigenvalue weighted by Crippen LogP contribution is 2.27. The fraction of sp³-hybridized carbons (Fsp3) is 0.647. The Morgan fingerprint density at radius 2 is 2.14 bits per heavy atom. The molecule has 3 unspecified atom stereocenters. The molecule has 3 atom stereocenters. The second-order valence-electron chi connectivity index (χ2n) is 5.89. The second kappa shape index (κ2) is 7.78. The van der Waals surface area contributed by atoms with E-state index in [0.29, 0.717) is 12.5 Å². The van der Waals surface area contributed by atoms with Crippen LogP contribution in [0.1, 0.15) is 43.4 Å². The molecule has 1 aliphatic carbocycles. The van der Waals surface area contributed by atoms with Crippen LogP contribution in [0.5, 0.6) is 5.75 Å². The fourth-order valence-electron chi connectivity index (χ4n) is 3.04. The third-order valence-electron chi connectivity index (χ3n) is 4.41. The molecule has 1 saturated carbocycles. The molecule has 4 heteroatoms. The summed E-state index contributed by atoms with van der Waals surface area (Å²) in [7, 11) is 3.37. The number of aliphatic hydroxyl groups is 1. The molecule has 1 fully saturated rings. The van der Waals surface area contributed by atoms with E-state index in [1.165, 1.54) is 5.56 Å². The number of nitrogens with one attached hydrogen (secondary N) is 1. The van der Waals surface area contributed by atoms with Crippen molar-refractivity contribution in [2.45, 2.75) is 44.9 Å². The minimum absolute atomic E-state index is 0.135. The predicted octanol–water partition coefficient (Wildman–Crippen LogP) is 2.65. The largest absolute Gasteiger partial charge is 0.496 e. The Hall–Kier alpha value is -1.10. The zero-order valence-electron chi connectivity index (χ0n) is 13.3. The lowest BCUT2D eigenvalue weighted by atomic mass is 10.0. The molecule has 2 rings (SSSR count). The van der Waals surface area contributed by atoms with Crippen LogP contribution in [0.2, 0.25) is 0 Å². The van der Waals surface area contributed by atoms with Crippen molar-refractivity contribution < 1.29 is 14.6 Å². The maximum atomic E-state index is 9.88. The summed E-state index contributed by atoms with van der Waals surface area (Å²) in [5.74, 6) is 1.25. The quantitative estimate of drug-likeness (QED) is 0.811. The normalized spacial score (nSPS) is 23.2. The average molecular weight is 293 g/mol. The third-order valence-corrected chi connectivity index (χ3v) is 4.41. The van der Waals surface area contributed by atoms with Crippen LogP contribution < -0.4 is 10.1 Å². The molecule has 118 valence electrons. The van der Waals surface area contributed by atoms with Crippen molar-refractivity contribution in [3.63, 3.8) is 0 Å². The van der Waals surface area contributed by atoms with Crippen molar-refractivity contribution in [2.75, 3.05) is 20.8 Å². The Morgan fingerprint density at radius 3 is 2.76 bits per heavy atom. The number of benzene rings is 1. The molecule has 1 aromatic carbocycles. The van der Waals surface area contributed by atoms with E-state index >= 15 is 0 Å². The van der Waals surface area contributed by atoms with Crippen LogP contribution in [0, 0.1) is 5.92 Å². The molecule has 0 aliphatic heterocycles. The number of rotatable bonds is 7. The first-order valence-electron chi connectivity index (χ1n) is 7.73. The van der Waals surface area contributed by atoms with Crippen molar-refractivity contribution in [1.29, 1.82) is 0 Å². The van der Waals surface area contributed by atoms with Crippen molar-refractivity contribution in [3.8, 4) is 5.75 Å². The van der Waals surface area contributed by atoms with Crippen LogP contribution in [-0.4, -0.2) is 32.0 Å². The molecule has 2 N–H and O–H groups in total. The first-order chi connectivity index (χ1) is 10.2.